The summed E-state index contributed by atoms with van der Waals surface area (Å²) < 4.78 is 25.1. The average molecular weight is 311 g/mol. The van der Waals surface area contributed by atoms with Crippen LogP contribution in [-0.4, -0.2) is 44.1 Å². The number of para-hydroxylation sites is 1. The van der Waals surface area contributed by atoms with Crippen molar-refractivity contribution in [3.8, 4) is 0 Å². The minimum absolute atomic E-state index is 0.245. The van der Waals surface area contributed by atoms with E-state index in [1.807, 2.05) is 18.2 Å². The summed E-state index contributed by atoms with van der Waals surface area (Å²) >= 11 is 0. The molecule has 0 unspecified atom stereocenters. The number of carbonyl (C=O) groups is 1. The fourth-order valence-electron chi connectivity index (χ4n) is 2.25. The van der Waals surface area contributed by atoms with Crippen molar-refractivity contribution in [2.24, 2.45) is 0 Å². The highest BCUT2D eigenvalue weighted by molar-refractivity contribution is 7.89. The monoisotopic (exact) mass is 311 g/mol. The molecule has 0 spiro atoms. The van der Waals surface area contributed by atoms with Gasteiger partial charge in [0, 0.05) is 25.3 Å². The van der Waals surface area contributed by atoms with Crippen molar-refractivity contribution in [2.45, 2.75) is 19.3 Å². The fraction of sp³-hybridized carbons (Fsp3) is 0.500. The lowest BCUT2D eigenvalue weighted by molar-refractivity contribution is 0.251. The quantitative estimate of drug-likeness (QED) is 0.811. The van der Waals surface area contributed by atoms with E-state index >= 15 is 0 Å². The average Bonchev–Trinajstić information content (AvgIpc) is 2.46. The Morgan fingerprint density at radius 2 is 1.95 bits per heavy atom. The van der Waals surface area contributed by atoms with Crippen molar-refractivity contribution in [3.63, 3.8) is 0 Å². The fourth-order valence-corrected chi connectivity index (χ4v) is 3.89. The van der Waals surface area contributed by atoms with Gasteiger partial charge in [0.25, 0.3) is 0 Å². The highest BCUT2D eigenvalue weighted by atomic mass is 32.2. The number of amides is 2. The maximum atomic E-state index is 11.8. The van der Waals surface area contributed by atoms with E-state index in [2.05, 4.69) is 10.6 Å². The molecule has 1 fully saturated rings. The van der Waals surface area contributed by atoms with Gasteiger partial charge in [-0.05, 0) is 31.4 Å². The number of urea groups is 1. The number of nitrogens with one attached hydrogen (secondary N) is 2. The first-order valence-corrected chi connectivity index (χ1v) is 8.76. The molecule has 0 saturated carbocycles. The lowest BCUT2D eigenvalue weighted by Gasteiger charge is -2.26. The van der Waals surface area contributed by atoms with Gasteiger partial charge in [0.2, 0.25) is 10.0 Å². The normalized spacial score (nSPS) is 18.1. The molecular weight excluding hydrogens is 290 g/mol. The zero-order chi connectivity index (χ0) is 15.1. The van der Waals surface area contributed by atoms with E-state index in [0.717, 1.165) is 18.5 Å². The van der Waals surface area contributed by atoms with E-state index in [1.165, 1.54) is 4.31 Å². The SMILES string of the molecule is O=C(NCCCN1CCCCS1(=O)=O)Nc1ccccc1. The first-order chi connectivity index (χ1) is 10.1. The highest BCUT2D eigenvalue weighted by Gasteiger charge is 2.24. The first-order valence-electron chi connectivity index (χ1n) is 7.16. The number of rotatable bonds is 5. The number of anilines is 1. The summed E-state index contributed by atoms with van der Waals surface area (Å²) in [7, 11) is -3.07. The Hall–Kier alpha value is -1.60. The molecule has 0 bridgehead atoms. The molecule has 6 nitrogen and oxygen atoms in total. The molecule has 1 aromatic rings. The second-order valence-corrected chi connectivity index (χ2v) is 7.11. The van der Waals surface area contributed by atoms with Crippen molar-refractivity contribution in [2.75, 3.05) is 30.7 Å². The molecule has 21 heavy (non-hydrogen) atoms. The Morgan fingerprint density at radius 1 is 1.19 bits per heavy atom. The molecule has 116 valence electrons. The Kier molecular flexibility index (Phi) is 5.58. The van der Waals surface area contributed by atoms with Crippen LogP contribution in [0.25, 0.3) is 0 Å². The molecule has 0 atom stereocenters. The van der Waals surface area contributed by atoms with Gasteiger partial charge in [0.05, 0.1) is 5.75 Å². The number of hydrogen-bond acceptors (Lipinski definition) is 3. The zero-order valence-electron chi connectivity index (χ0n) is 11.9. The Balaban J connectivity index is 1.66. The number of hydrogen-bond donors (Lipinski definition) is 2. The van der Waals surface area contributed by atoms with Crippen molar-refractivity contribution in [1.29, 1.82) is 0 Å². The van der Waals surface area contributed by atoms with Crippen LogP contribution in [0.3, 0.4) is 0 Å². The van der Waals surface area contributed by atoms with Crippen molar-refractivity contribution in [3.05, 3.63) is 30.3 Å². The molecule has 1 aromatic carbocycles. The smallest absolute Gasteiger partial charge is 0.319 e. The van der Waals surface area contributed by atoms with E-state index in [9.17, 15) is 13.2 Å². The third-order valence-electron chi connectivity index (χ3n) is 3.35. The van der Waals surface area contributed by atoms with Crippen molar-refractivity contribution < 1.29 is 13.2 Å². The van der Waals surface area contributed by atoms with E-state index in [1.54, 1.807) is 12.1 Å². The summed E-state index contributed by atoms with van der Waals surface area (Å²) in [6.45, 7) is 1.51. The van der Waals surface area contributed by atoms with Crippen LogP contribution in [0.15, 0.2) is 30.3 Å². The van der Waals surface area contributed by atoms with Crippen LogP contribution in [0.2, 0.25) is 0 Å². The minimum atomic E-state index is -3.07. The lowest BCUT2D eigenvalue weighted by atomic mass is 10.3. The molecule has 1 aliphatic rings. The largest absolute Gasteiger partial charge is 0.338 e. The first kappa shape index (κ1) is 15.8. The van der Waals surface area contributed by atoms with Crippen molar-refractivity contribution in [1.82, 2.24) is 9.62 Å². The van der Waals surface area contributed by atoms with Crippen molar-refractivity contribution >= 4 is 21.7 Å². The molecule has 2 rings (SSSR count). The number of benzene rings is 1. The molecule has 1 heterocycles. The Bertz CT molecular complexity index is 560. The number of sulfonamides is 1. The maximum absolute atomic E-state index is 11.8. The van der Waals surface area contributed by atoms with Gasteiger partial charge in [-0.2, -0.15) is 0 Å². The second kappa shape index (κ2) is 7.42. The van der Waals surface area contributed by atoms with Gasteiger partial charge < -0.3 is 10.6 Å². The molecule has 2 N–H and O–H groups in total. The Morgan fingerprint density at radius 3 is 2.67 bits per heavy atom. The van der Waals surface area contributed by atoms with Gasteiger partial charge in [0.1, 0.15) is 0 Å². The van der Waals surface area contributed by atoms with Gasteiger partial charge >= 0.3 is 6.03 Å². The second-order valence-electron chi connectivity index (χ2n) is 5.02. The molecule has 0 radical (unpaired) electrons. The zero-order valence-corrected chi connectivity index (χ0v) is 12.7. The van der Waals surface area contributed by atoms with Gasteiger partial charge in [-0.3, -0.25) is 0 Å². The topological polar surface area (TPSA) is 78.5 Å². The summed E-state index contributed by atoms with van der Waals surface area (Å²) in [5.41, 5.74) is 0.730. The number of carbonyl (C=O) groups excluding carboxylic acids is 1. The molecular formula is C14H21N3O3S. The predicted molar refractivity (Wildman–Crippen MR) is 82.7 cm³/mol. The van der Waals surface area contributed by atoms with E-state index < -0.39 is 10.0 Å². The molecule has 0 aliphatic carbocycles. The van der Waals surface area contributed by atoms with Crippen LogP contribution in [0.5, 0.6) is 0 Å². The van der Waals surface area contributed by atoms with Gasteiger partial charge in [-0.25, -0.2) is 17.5 Å². The lowest BCUT2D eigenvalue weighted by Crippen LogP contribution is -2.39. The van der Waals surface area contributed by atoms with E-state index in [4.69, 9.17) is 0 Å². The third kappa shape index (κ3) is 5.02. The summed E-state index contributed by atoms with van der Waals surface area (Å²) in [5.74, 6) is 0.245. The predicted octanol–water partition coefficient (Wildman–Crippen LogP) is 1.62. The molecule has 1 saturated heterocycles. The Labute approximate surface area is 125 Å². The van der Waals surface area contributed by atoms with Gasteiger partial charge in [-0.1, -0.05) is 18.2 Å². The van der Waals surface area contributed by atoms with Gasteiger partial charge in [0.15, 0.2) is 0 Å². The molecule has 7 heteroatoms. The van der Waals surface area contributed by atoms with Crippen LogP contribution in [0.4, 0.5) is 10.5 Å². The van der Waals surface area contributed by atoms with Crippen LogP contribution < -0.4 is 10.6 Å². The molecule has 2 amide bonds. The van der Waals surface area contributed by atoms with Crippen LogP contribution in [-0.2, 0) is 10.0 Å². The molecule has 1 aliphatic heterocycles. The van der Waals surface area contributed by atoms with Crippen LogP contribution in [0, 0.1) is 0 Å². The summed E-state index contributed by atoms with van der Waals surface area (Å²) in [6, 6.07) is 8.90. The highest BCUT2D eigenvalue weighted by Crippen LogP contribution is 2.13. The standard InChI is InChI=1S/C14H21N3O3S/c18-14(16-13-7-2-1-3-8-13)15-9-6-11-17-10-4-5-12-21(17,19)20/h1-3,7-8H,4-6,9-12H2,(H2,15,16,18). The van der Waals surface area contributed by atoms with E-state index in [0.29, 0.717) is 26.1 Å². The van der Waals surface area contributed by atoms with E-state index in [-0.39, 0.29) is 11.8 Å². The molecule has 0 aromatic heterocycles. The summed E-state index contributed by atoms with van der Waals surface area (Å²) in [4.78, 5) is 11.6. The minimum Gasteiger partial charge on any atom is -0.338 e. The summed E-state index contributed by atoms with van der Waals surface area (Å²) in [6.07, 6.45) is 2.28. The third-order valence-corrected chi connectivity index (χ3v) is 5.31. The number of nitrogens with zero attached hydrogens (tertiary/aromatic N) is 1. The van der Waals surface area contributed by atoms with Crippen LogP contribution >= 0.6 is 0 Å². The maximum Gasteiger partial charge on any atom is 0.319 e. The van der Waals surface area contributed by atoms with Crippen LogP contribution in [0.1, 0.15) is 19.3 Å². The van der Waals surface area contributed by atoms with Gasteiger partial charge in [-0.15, -0.1) is 0 Å². The summed E-state index contributed by atoms with van der Waals surface area (Å²) in [5, 5.41) is 5.44.